The molecule has 0 radical (unpaired) electrons. The summed E-state index contributed by atoms with van der Waals surface area (Å²) in [5.74, 6) is 0.0950. The zero-order valence-corrected chi connectivity index (χ0v) is 19.6. The number of aromatic nitrogens is 1. The van der Waals surface area contributed by atoms with E-state index >= 15 is 0 Å². The van der Waals surface area contributed by atoms with Gasteiger partial charge in [0, 0.05) is 10.8 Å². The molecule has 5 aromatic rings. The Morgan fingerprint density at radius 3 is 2.39 bits per heavy atom. The zero-order chi connectivity index (χ0) is 22.8. The number of aromatic hydroxyl groups is 1. The predicted molar refractivity (Wildman–Crippen MR) is 137 cm³/mol. The third-order valence-corrected chi connectivity index (χ3v) is 8.07. The summed E-state index contributed by atoms with van der Waals surface area (Å²) in [4.78, 5) is 5.14. The van der Waals surface area contributed by atoms with E-state index in [0.29, 0.717) is 21.4 Å². The predicted octanol–water partition coefficient (Wildman–Crippen LogP) is 6.72. The van der Waals surface area contributed by atoms with Gasteiger partial charge in [-0.1, -0.05) is 78.5 Å². The summed E-state index contributed by atoms with van der Waals surface area (Å²) in [5.41, 5.74) is 2.06. The maximum Gasteiger partial charge on any atom is 0.255 e. The molecule has 0 saturated carbocycles. The molecule has 1 aromatic heterocycles. The molecular weight excluding hydrogens is 472 g/mol. The van der Waals surface area contributed by atoms with E-state index in [9.17, 15) is 13.5 Å². The van der Waals surface area contributed by atoms with Gasteiger partial charge in [0.1, 0.15) is 5.75 Å². The van der Waals surface area contributed by atoms with Crippen molar-refractivity contribution < 1.29 is 13.5 Å². The number of thiazole rings is 1. The van der Waals surface area contributed by atoms with Crippen molar-refractivity contribution >= 4 is 65.9 Å². The first kappa shape index (κ1) is 21.5. The van der Waals surface area contributed by atoms with Gasteiger partial charge in [-0.15, -0.1) is 11.3 Å². The van der Waals surface area contributed by atoms with Gasteiger partial charge in [0.2, 0.25) is 0 Å². The highest BCUT2D eigenvalue weighted by Gasteiger charge is 2.17. The van der Waals surface area contributed by atoms with Crippen molar-refractivity contribution in [1.82, 2.24) is 4.98 Å². The Morgan fingerprint density at radius 2 is 1.61 bits per heavy atom. The van der Waals surface area contributed by atoms with Crippen LogP contribution in [0.1, 0.15) is 5.56 Å². The maximum atomic E-state index is 12.8. The Bertz CT molecular complexity index is 1560. The molecule has 0 saturated heterocycles. The molecule has 0 fully saturated rings. The average molecular weight is 491 g/mol. The van der Waals surface area contributed by atoms with Crippen LogP contribution >= 0.6 is 23.1 Å². The molecule has 4 aromatic carbocycles. The number of hydrogen-bond acceptors (Lipinski definition) is 6. The Kier molecular flexibility index (Phi) is 5.80. The molecule has 0 bridgehead atoms. The molecule has 8 heteroatoms. The second-order valence-corrected chi connectivity index (χ2v) is 11.1. The van der Waals surface area contributed by atoms with E-state index in [1.807, 2.05) is 60.7 Å². The molecule has 2 N–H and O–H groups in total. The Labute approximate surface area is 199 Å². The van der Waals surface area contributed by atoms with Gasteiger partial charge in [-0.3, -0.25) is 4.72 Å². The van der Waals surface area contributed by atoms with Gasteiger partial charge >= 0.3 is 0 Å². The second-order valence-electron chi connectivity index (χ2n) is 7.23. The van der Waals surface area contributed by atoms with Gasteiger partial charge < -0.3 is 5.11 Å². The largest absolute Gasteiger partial charge is 0.506 e. The number of para-hydroxylation sites is 1. The maximum absolute atomic E-state index is 12.8. The normalized spacial score (nSPS) is 12.0. The van der Waals surface area contributed by atoms with Crippen LogP contribution in [0.3, 0.4) is 0 Å². The molecule has 33 heavy (non-hydrogen) atoms. The molecule has 0 aliphatic heterocycles. The van der Waals surface area contributed by atoms with Crippen LogP contribution in [0, 0.1) is 0 Å². The fraction of sp³-hybridized carbons (Fsp3) is 0. The SMILES string of the molecule is O=S(=O)(/C=C/c1ccccc1)Nc1cc(Sc2nc3ccccc3s2)c(O)c2ccccc12. The van der Waals surface area contributed by atoms with E-state index in [1.165, 1.54) is 23.1 Å². The van der Waals surface area contributed by atoms with Crippen molar-refractivity contribution in [3.8, 4) is 5.75 Å². The molecule has 0 atom stereocenters. The quantitative estimate of drug-likeness (QED) is 0.258. The Morgan fingerprint density at radius 1 is 0.909 bits per heavy atom. The van der Waals surface area contributed by atoms with E-state index in [2.05, 4.69) is 9.71 Å². The highest BCUT2D eigenvalue weighted by molar-refractivity contribution is 8.01. The highest BCUT2D eigenvalue weighted by Crippen LogP contribution is 2.44. The lowest BCUT2D eigenvalue weighted by atomic mass is 10.1. The molecule has 5 nitrogen and oxygen atoms in total. The number of fused-ring (bicyclic) bond motifs is 2. The van der Waals surface area contributed by atoms with Crippen molar-refractivity contribution in [2.75, 3.05) is 4.72 Å². The summed E-state index contributed by atoms with van der Waals surface area (Å²) in [6.45, 7) is 0. The first-order chi connectivity index (χ1) is 16.0. The number of anilines is 1. The second kappa shape index (κ2) is 8.90. The number of benzene rings is 4. The standard InChI is InChI=1S/C25H18N2O3S3/c28-24-19-11-5-4-10-18(19)21(27-33(29,30)15-14-17-8-2-1-3-9-17)16-23(24)32-25-26-20-12-6-7-13-22(20)31-25/h1-16,27-28H/b15-14+. The molecule has 0 aliphatic rings. The van der Waals surface area contributed by atoms with Crippen LogP contribution in [0.25, 0.3) is 27.1 Å². The van der Waals surface area contributed by atoms with Crippen molar-refractivity contribution in [2.45, 2.75) is 9.24 Å². The molecule has 0 unspecified atom stereocenters. The third-order valence-electron chi connectivity index (χ3n) is 4.94. The van der Waals surface area contributed by atoms with Gasteiger partial charge in [0.25, 0.3) is 10.0 Å². The van der Waals surface area contributed by atoms with Gasteiger partial charge in [-0.2, -0.15) is 0 Å². The number of phenols is 1. The summed E-state index contributed by atoms with van der Waals surface area (Å²) >= 11 is 2.83. The smallest absolute Gasteiger partial charge is 0.255 e. The minimum absolute atomic E-state index is 0.0950. The molecule has 1 heterocycles. The van der Waals surface area contributed by atoms with Crippen molar-refractivity contribution in [3.63, 3.8) is 0 Å². The van der Waals surface area contributed by atoms with Crippen molar-refractivity contribution in [3.05, 3.63) is 95.9 Å². The number of nitrogens with one attached hydrogen (secondary N) is 1. The topological polar surface area (TPSA) is 79.3 Å². The lowest BCUT2D eigenvalue weighted by Crippen LogP contribution is -2.09. The van der Waals surface area contributed by atoms with Crippen LogP contribution in [0.4, 0.5) is 5.69 Å². The Hall–Kier alpha value is -3.33. The summed E-state index contributed by atoms with van der Waals surface area (Å²) < 4.78 is 30.1. The molecule has 0 spiro atoms. The van der Waals surface area contributed by atoms with Crippen LogP contribution in [-0.4, -0.2) is 18.5 Å². The molecule has 164 valence electrons. The molecular formula is C25H18N2O3S3. The van der Waals surface area contributed by atoms with Crippen LogP contribution in [0.5, 0.6) is 5.75 Å². The number of phenolic OH excluding ortho intramolecular Hbond substituents is 1. The van der Waals surface area contributed by atoms with Crippen LogP contribution in [0.2, 0.25) is 0 Å². The van der Waals surface area contributed by atoms with Gasteiger partial charge in [0.15, 0.2) is 4.34 Å². The van der Waals surface area contributed by atoms with Crippen LogP contribution in [0.15, 0.2) is 99.6 Å². The Balaban J connectivity index is 1.52. The van der Waals surface area contributed by atoms with Gasteiger partial charge in [0.05, 0.1) is 26.2 Å². The summed E-state index contributed by atoms with van der Waals surface area (Å²) in [5, 5.41) is 13.2. The minimum Gasteiger partial charge on any atom is -0.506 e. The molecule has 5 rings (SSSR count). The van der Waals surface area contributed by atoms with E-state index in [0.717, 1.165) is 25.5 Å². The summed E-state index contributed by atoms with van der Waals surface area (Å²) in [6.07, 6.45) is 1.54. The van der Waals surface area contributed by atoms with E-state index in [1.54, 1.807) is 30.3 Å². The highest BCUT2D eigenvalue weighted by atomic mass is 32.2. The van der Waals surface area contributed by atoms with Crippen LogP contribution < -0.4 is 4.72 Å². The zero-order valence-electron chi connectivity index (χ0n) is 17.2. The average Bonchev–Trinajstić information content (AvgIpc) is 3.24. The molecule has 0 amide bonds. The monoisotopic (exact) mass is 490 g/mol. The number of hydrogen-bond donors (Lipinski definition) is 2. The lowest BCUT2D eigenvalue weighted by Gasteiger charge is -2.13. The number of rotatable bonds is 6. The summed E-state index contributed by atoms with van der Waals surface area (Å²) in [7, 11) is -3.78. The number of sulfonamides is 1. The first-order valence-corrected chi connectivity index (χ1v) is 13.2. The fourth-order valence-corrected chi connectivity index (χ4v) is 6.40. The van der Waals surface area contributed by atoms with E-state index in [4.69, 9.17) is 0 Å². The van der Waals surface area contributed by atoms with E-state index < -0.39 is 10.0 Å². The van der Waals surface area contributed by atoms with Gasteiger partial charge in [-0.25, -0.2) is 13.4 Å². The molecule has 0 aliphatic carbocycles. The number of nitrogens with zero attached hydrogens (tertiary/aromatic N) is 1. The fourth-order valence-electron chi connectivity index (χ4n) is 3.41. The minimum atomic E-state index is -3.78. The summed E-state index contributed by atoms with van der Waals surface area (Å²) in [6, 6.07) is 25.9. The van der Waals surface area contributed by atoms with Gasteiger partial charge in [-0.05, 0) is 29.8 Å². The van der Waals surface area contributed by atoms with E-state index in [-0.39, 0.29) is 5.75 Å². The first-order valence-electron chi connectivity index (χ1n) is 10.0. The third kappa shape index (κ3) is 4.73. The lowest BCUT2D eigenvalue weighted by molar-refractivity contribution is 0.469. The van der Waals surface area contributed by atoms with Crippen LogP contribution in [-0.2, 0) is 10.0 Å². The van der Waals surface area contributed by atoms with Crippen molar-refractivity contribution in [1.29, 1.82) is 0 Å². The van der Waals surface area contributed by atoms with Crippen molar-refractivity contribution in [2.24, 2.45) is 0 Å².